The van der Waals surface area contributed by atoms with Crippen molar-refractivity contribution >= 4 is 29.1 Å². The molecule has 0 saturated heterocycles. The van der Waals surface area contributed by atoms with Crippen LogP contribution in [0.15, 0.2) is 59.7 Å². The van der Waals surface area contributed by atoms with Gasteiger partial charge in [0.05, 0.1) is 16.9 Å². The Hall–Kier alpha value is -3.55. The molecule has 1 aliphatic heterocycles. The lowest BCUT2D eigenvalue weighted by molar-refractivity contribution is -0.129. The molecule has 1 heterocycles. The van der Waals surface area contributed by atoms with Crippen LogP contribution in [-0.4, -0.2) is 28.0 Å². The molecule has 0 saturated carbocycles. The fourth-order valence-electron chi connectivity index (χ4n) is 2.14. The number of nitrogens with zero attached hydrogens (tertiary/aromatic N) is 3. The summed E-state index contributed by atoms with van der Waals surface area (Å²) in [6.45, 7) is 0. The lowest BCUT2D eigenvalue weighted by Crippen LogP contribution is -2.46. The number of hydrogen-bond donors (Lipinski definition) is 3. The van der Waals surface area contributed by atoms with E-state index in [1.807, 2.05) is 6.07 Å². The molecule has 0 bridgehead atoms. The van der Waals surface area contributed by atoms with Gasteiger partial charge in [-0.05, 0) is 24.3 Å². The molecule has 3 rings (SSSR count). The van der Waals surface area contributed by atoms with Crippen molar-refractivity contribution in [3.05, 3.63) is 60.2 Å². The highest BCUT2D eigenvalue weighted by Crippen LogP contribution is 2.27. The lowest BCUT2D eigenvalue weighted by atomic mass is 10.2. The number of aliphatic carboxylic acids is 1. The second-order valence-corrected chi connectivity index (χ2v) is 4.62. The van der Waals surface area contributed by atoms with E-state index in [2.05, 4.69) is 10.5 Å². The van der Waals surface area contributed by atoms with Crippen molar-refractivity contribution in [1.29, 1.82) is 0 Å². The number of amidine groups is 1. The van der Waals surface area contributed by atoms with Gasteiger partial charge in [-0.3, -0.25) is 5.43 Å². The normalized spacial score (nSPS) is 13.5. The molecule has 0 aliphatic carbocycles. The van der Waals surface area contributed by atoms with Crippen LogP contribution >= 0.6 is 0 Å². The summed E-state index contributed by atoms with van der Waals surface area (Å²) in [5.74, 6) is -2.69. The summed E-state index contributed by atoms with van der Waals surface area (Å²) in [5.41, 5.74) is 3.46. The van der Waals surface area contributed by atoms with Gasteiger partial charge in [0.1, 0.15) is 0 Å². The average Bonchev–Trinajstić information content (AvgIpc) is 3.01. The zero-order chi connectivity index (χ0) is 16.4. The molecular formula is C15H12N4O4. The van der Waals surface area contributed by atoms with Gasteiger partial charge in [-0.2, -0.15) is 10.2 Å². The van der Waals surface area contributed by atoms with E-state index in [0.29, 0.717) is 5.69 Å². The zero-order valence-corrected chi connectivity index (χ0v) is 11.7. The van der Waals surface area contributed by atoms with Gasteiger partial charge in [0.25, 0.3) is 5.84 Å². The summed E-state index contributed by atoms with van der Waals surface area (Å²) < 4.78 is 0. The van der Waals surface area contributed by atoms with Crippen molar-refractivity contribution in [2.24, 2.45) is 5.10 Å². The Morgan fingerprint density at radius 3 is 2.22 bits per heavy atom. The third-order valence-corrected chi connectivity index (χ3v) is 3.15. The Balaban J connectivity index is 2.08. The number of carboxylic acid groups (broad SMARTS) is 2. The molecule has 2 aromatic rings. The number of nitrogens with one attached hydrogen (secondary N) is 1. The molecule has 0 fully saturated rings. The third-order valence-electron chi connectivity index (χ3n) is 3.15. The number of anilines is 2. The van der Waals surface area contributed by atoms with E-state index < -0.39 is 11.9 Å². The van der Waals surface area contributed by atoms with E-state index in [1.54, 1.807) is 42.5 Å². The number of benzene rings is 2. The first-order valence-electron chi connectivity index (χ1n) is 6.64. The van der Waals surface area contributed by atoms with Crippen LogP contribution in [0, 0.1) is 0 Å². The predicted molar refractivity (Wildman–Crippen MR) is 83.0 cm³/mol. The third kappa shape index (κ3) is 2.64. The molecule has 0 atom stereocenters. The van der Waals surface area contributed by atoms with E-state index in [0.717, 1.165) is 0 Å². The first-order chi connectivity index (χ1) is 11.1. The number of hydrogen-bond acceptors (Lipinski definition) is 6. The van der Waals surface area contributed by atoms with Crippen LogP contribution in [0.1, 0.15) is 10.4 Å². The SMILES string of the molecule is O=C(O)C1=NN(c2ccccc2)N(c2ccccc2C(=O)O)N1. The van der Waals surface area contributed by atoms with E-state index in [-0.39, 0.29) is 17.1 Å². The van der Waals surface area contributed by atoms with Crippen LogP contribution in [0.5, 0.6) is 0 Å². The molecule has 23 heavy (non-hydrogen) atoms. The van der Waals surface area contributed by atoms with Crippen molar-refractivity contribution < 1.29 is 19.8 Å². The number of carbonyl (C=O) groups is 2. The van der Waals surface area contributed by atoms with Gasteiger partial charge in [0.15, 0.2) is 0 Å². The van der Waals surface area contributed by atoms with Gasteiger partial charge in [-0.15, -0.1) is 5.10 Å². The zero-order valence-electron chi connectivity index (χ0n) is 11.7. The second kappa shape index (κ2) is 5.68. The number of carboxylic acids is 2. The second-order valence-electron chi connectivity index (χ2n) is 4.62. The van der Waals surface area contributed by atoms with Crippen molar-refractivity contribution in [1.82, 2.24) is 5.43 Å². The lowest BCUT2D eigenvalue weighted by Gasteiger charge is -2.28. The van der Waals surface area contributed by atoms with E-state index in [1.165, 1.54) is 16.3 Å². The molecule has 8 heteroatoms. The number of hydrazone groups is 1. The molecule has 1 aliphatic rings. The maximum Gasteiger partial charge on any atom is 0.375 e. The standard InChI is InChI=1S/C15H12N4O4/c20-14(21)11-8-4-5-9-12(11)19-17-13(15(22)23)16-18(19)10-6-2-1-3-7-10/h1-9H,(H,16,17)(H,20,21)(H,22,23). The molecule has 116 valence electrons. The first-order valence-corrected chi connectivity index (χ1v) is 6.64. The Kier molecular flexibility index (Phi) is 3.55. The Bertz CT molecular complexity index is 791. The Morgan fingerprint density at radius 1 is 0.913 bits per heavy atom. The summed E-state index contributed by atoms with van der Waals surface area (Å²) >= 11 is 0. The van der Waals surface area contributed by atoms with E-state index in [4.69, 9.17) is 5.11 Å². The van der Waals surface area contributed by atoms with E-state index in [9.17, 15) is 14.7 Å². The molecule has 0 radical (unpaired) electrons. The number of para-hydroxylation sites is 2. The van der Waals surface area contributed by atoms with Gasteiger partial charge in [0.2, 0.25) is 0 Å². The average molecular weight is 312 g/mol. The topological polar surface area (TPSA) is 105 Å². The predicted octanol–water partition coefficient (Wildman–Crippen LogP) is 1.53. The minimum Gasteiger partial charge on any atom is -0.478 e. The quantitative estimate of drug-likeness (QED) is 0.786. The van der Waals surface area contributed by atoms with Crippen LogP contribution in [0.25, 0.3) is 0 Å². The van der Waals surface area contributed by atoms with E-state index >= 15 is 0 Å². The fourth-order valence-corrected chi connectivity index (χ4v) is 2.14. The molecule has 2 aromatic carbocycles. The highest BCUT2D eigenvalue weighted by molar-refractivity contribution is 6.35. The van der Waals surface area contributed by atoms with Crippen molar-refractivity contribution in [2.45, 2.75) is 0 Å². The number of rotatable bonds is 4. The largest absolute Gasteiger partial charge is 0.478 e. The summed E-state index contributed by atoms with van der Waals surface area (Å²) in [6.07, 6.45) is 0. The first kappa shape index (κ1) is 14.4. The molecule has 0 aromatic heterocycles. The highest BCUT2D eigenvalue weighted by Gasteiger charge is 2.31. The highest BCUT2D eigenvalue weighted by atomic mass is 16.4. The fraction of sp³-hybridized carbons (Fsp3) is 0. The van der Waals surface area contributed by atoms with Gasteiger partial charge in [-0.25, -0.2) is 9.59 Å². The molecule has 0 unspecified atom stereocenters. The van der Waals surface area contributed by atoms with Gasteiger partial charge >= 0.3 is 11.9 Å². The van der Waals surface area contributed by atoms with Crippen molar-refractivity contribution in [2.75, 3.05) is 10.2 Å². The minimum absolute atomic E-state index is 0.0165. The maximum atomic E-state index is 11.4. The molecule has 3 N–H and O–H groups in total. The monoisotopic (exact) mass is 312 g/mol. The van der Waals surface area contributed by atoms with Crippen LogP contribution in [0.3, 0.4) is 0 Å². The van der Waals surface area contributed by atoms with Gasteiger partial charge in [0, 0.05) is 0 Å². The van der Waals surface area contributed by atoms with Crippen LogP contribution in [0.4, 0.5) is 11.4 Å². The van der Waals surface area contributed by atoms with Crippen LogP contribution < -0.4 is 15.7 Å². The van der Waals surface area contributed by atoms with Gasteiger partial charge < -0.3 is 10.2 Å². The smallest absolute Gasteiger partial charge is 0.375 e. The molecule has 8 nitrogen and oxygen atoms in total. The summed E-state index contributed by atoms with van der Waals surface area (Å²) in [4.78, 5) is 22.6. The summed E-state index contributed by atoms with van der Waals surface area (Å²) in [7, 11) is 0. The van der Waals surface area contributed by atoms with Gasteiger partial charge in [-0.1, -0.05) is 30.3 Å². The maximum absolute atomic E-state index is 11.4. The molecular weight excluding hydrogens is 300 g/mol. The summed E-state index contributed by atoms with van der Waals surface area (Å²) in [6, 6.07) is 15.0. The molecule has 0 amide bonds. The van der Waals surface area contributed by atoms with Crippen molar-refractivity contribution in [3.63, 3.8) is 0 Å². The number of aromatic carboxylic acids is 1. The van der Waals surface area contributed by atoms with Crippen LogP contribution in [0.2, 0.25) is 0 Å². The Morgan fingerprint density at radius 2 is 1.57 bits per heavy atom. The van der Waals surface area contributed by atoms with Crippen LogP contribution in [-0.2, 0) is 4.79 Å². The number of hydrazine groups is 2. The van der Waals surface area contributed by atoms with Crippen molar-refractivity contribution in [3.8, 4) is 0 Å². The minimum atomic E-state index is -1.25. The summed E-state index contributed by atoms with van der Waals surface area (Å²) in [5, 5.41) is 25.1. The Labute approximate surface area is 130 Å². The molecule has 0 spiro atoms.